The van der Waals surface area contributed by atoms with Crippen molar-refractivity contribution in [2.45, 2.75) is 44.7 Å². The molecular formula is C17H24ClN3O2. The van der Waals surface area contributed by atoms with Gasteiger partial charge in [0.05, 0.1) is 0 Å². The number of carbonyl (C=O) groups is 2. The van der Waals surface area contributed by atoms with Gasteiger partial charge in [0, 0.05) is 42.8 Å². The first-order valence-electron chi connectivity index (χ1n) is 8.11. The molecule has 2 aliphatic heterocycles. The molecule has 0 aliphatic carbocycles. The molecule has 23 heavy (non-hydrogen) atoms. The fourth-order valence-corrected chi connectivity index (χ4v) is 3.29. The molecule has 6 heteroatoms. The van der Waals surface area contributed by atoms with E-state index in [-0.39, 0.29) is 24.2 Å². The van der Waals surface area contributed by atoms with Gasteiger partial charge < -0.3 is 15.5 Å². The maximum Gasteiger partial charge on any atom is 0.253 e. The number of hydrogen-bond acceptors (Lipinski definition) is 3. The van der Waals surface area contributed by atoms with E-state index < -0.39 is 0 Å². The minimum Gasteiger partial charge on any atom is -0.337 e. The standard InChI is InChI=1S/C17H23N3O2.ClH/c1-2-16(21)19-14-5-3-4-12(10-14)17(22)20-9-8-13-6-7-15(11-20)18-13;/h3-5,10,13,15,18H,2,6-9,11H2,1H3,(H,19,21);1H. The number of rotatable bonds is 3. The molecule has 0 saturated carbocycles. The van der Waals surface area contributed by atoms with Crippen LogP contribution in [0.4, 0.5) is 5.69 Å². The Morgan fingerprint density at radius 3 is 2.83 bits per heavy atom. The normalized spacial score (nSPS) is 22.9. The van der Waals surface area contributed by atoms with Gasteiger partial charge in [-0.15, -0.1) is 12.4 Å². The lowest BCUT2D eigenvalue weighted by atomic mass is 10.1. The van der Waals surface area contributed by atoms with E-state index in [1.165, 1.54) is 6.42 Å². The lowest BCUT2D eigenvalue weighted by Gasteiger charge is -2.24. The Kier molecular flexibility index (Phi) is 6.02. The maximum absolute atomic E-state index is 12.7. The molecule has 0 aromatic heterocycles. The summed E-state index contributed by atoms with van der Waals surface area (Å²) in [6.07, 6.45) is 3.83. The average molecular weight is 338 g/mol. The molecule has 3 rings (SSSR count). The number of anilines is 1. The fraction of sp³-hybridized carbons (Fsp3) is 0.529. The van der Waals surface area contributed by atoms with E-state index in [9.17, 15) is 9.59 Å². The van der Waals surface area contributed by atoms with Crippen molar-refractivity contribution in [2.24, 2.45) is 0 Å². The number of carbonyl (C=O) groups excluding carboxylic acids is 2. The molecule has 2 fully saturated rings. The van der Waals surface area contributed by atoms with E-state index in [4.69, 9.17) is 0 Å². The van der Waals surface area contributed by atoms with Crippen molar-refractivity contribution in [3.8, 4) is 0 Å². The zero-order valence-electron chi connectivity index (χ0n) is 13.4. The molecule has 1 aromatic carbocycles. The van der Waals surface area contributed by atoms with Gasteiger partial charge in [0.1, 0.15) is 0 Å². The average Bonchev–Trinajstić information content (AvgIpc) is 2.86. The van der Waals surface area contributed by atoms with Gasteiger partial charge in [0.15, 0.2) is 0 Å². The summed E-state index contributed by atoms with van der Waals surface area (Å²) in [5, 5.41) is 6.39. The van der Waals surface area contributed by atoms with Gasteiger partial charge in [-0.2, -0.15) is 0 Å². The summed E-state index contributed by atoms with van der Waals surface area (Å²) in [5.74, 6) is 0.0165. The molecule has 2 bridgehead atoms. The van der Waals surface area contributed by atoms with Crippen LogP contribution in [0.3, 0.4) is 0 Å². The number of fused-ring (bicyclic) bond motifs is 2. The largest absolute Gasteiger partial charge is 0.337 e. The Labute approximate surface area is 143 Å². The first kappa shape index (κ1) is 17.8. The Morgan fingerprint density at radius 2 is 2.04 bits per heavy atom. The summed E-state index contributed by atoms with van der Waals surface area (Å²) in [6.45, 7) is 3.39. The van der Waals surface area contributed by atoms with Crippen LogP contribution in [-0.2, 0) is 4.79 Å². The van der Waals surface area contributed by atoms with Crippen molar-refractivity contribution >= 4 is 29.9 Å². The van der Waals surface area contributed by atoms with Gasteiger partial charge in [-0.1, -0.05) is 13.0 Å². The third kappa shape index (κ3) is 4.24. The van der Waals surface area contributed by atoms with E-state index >= 15 is 0 Å². The molecule has 2 atom stereocenters. The third-order valence-electron chi connectivity index (χ3n) is 4.52. The first-order chi connectivity index (χ1) is 10.7. The van der Waals surface area contributed by atoms with Crippen molar-refractivity contribution in [1.29, 1.82) is 0 Å². The first-order valence-corrected chi connectivity index (χ1v) is 8.11. The smallest absolute Gasteiger partial charge is 0.253 e. The van der Waals surface area contributed by atoms with Crippen LogP contribution in [0.5, 0.6) is 0 Å². The van der Waals surface area contributed by atoms with Gasteiger partial charge in [0.25, 0.3) is 5.91 Å². The zero-order chi connectivity index (χ0) is 15.5. The second kappa shape index (κ2) is 7.79. The number of nitrogens with one attached hydrogen (secondary N) is 2. The maximum atomic E-state index is 12.7. The van der Waals surface area contributed by atoms with Gasteiger partial charge in [0.2, 0.25) is 5.91 Å². The quantitative estimate of drug-likeness (QED) is 0.890. The van der Waals surface area contributed by atoms with E-state index in [0.717, 1.165) is 25.9 Å². The van der Waals surface area contributed by atoms with Crippen molar-refractivity contribution in [3.05, 3.63) is 29.8 Å². The van der Waals surface area contributed by atoms with E-state index in [2.05, 4.69) is 10.6 Å². The molecule has 2 aliphatic rings. The van der Waals surface area contributed by atoms with E-state index in [1.54, 1.807) is 6.07 Å². The highest BCUT2D eigenvalue weighted by Crippen LogP contribution is 2.22. The SMILES string of the molecule is CCC(=O)Nc1cccc(C(=O)N2CCC3CCC(C2)N3)c1.Cl. The molecule has 126 valence electrons. The second-order valence-electron chi connectivity index (χ2n) is 6.16. The number of amides is 2. The summed E-state index contributed by atoms with van der Waals surface area (Å²) < 4.78 is 0. The highest BCUT2D eigenvalue weighted by atomic mass is 35.5. The molecule has 5 nitrogen and oxygen atoms in total. The van der Waals surface area contributed by atoms with Crippen molar-refractivity contribution in [2.75, 3.05) is 18.4 Å². The number of nitrogens with zero attached hydrogens (tertiary/aromatic N) is 1. The number of benzene rings is 1. The summed E-state index contributed by atoms with van der Waals surface area (Å²) in [4.78, 5) is 26.1. The van der Waals surface area contributed by atoms with Crippen LogP contribution in [0.2, 0.25) is 0 Å². The fourth-order valence-electron chi connectivity index (χ4n) is 3.29. The predicted molar refractivity (Wildman–Crippen MR) is 93.1 cm³/mol. The van der Waals surface area contributed by atoms with Crippen LogP contribution in [0.1, 0.15) is 43.0 Å². The summed E-state index contributed by atoms with van der Waals surface area (Å²) in [7, 11) is 0. The molecule has 2 unspecified atom stereocenters. The monoisotopic (exact) mass is 337 g/mol. The predicted octanol–water partition coefficient (Wildman–Crippen LogP) is 2.42. The van der Waals surface area contributed by atoms with Crippen LogP contribution < -0.4 is 10.6 Å². The van der Waals surface area contributed by atoms with E-state index in [0.29, 0.717) is 29.8 Å². The lowest BCUT2D eigenvalue weighted by molar-refractivity contribution is -0.115. The molecule has 0 spiro atoms. The highest BCUT2D eigenvalue weighted by Gasteiger charge is 2.31. The Bertz CT molecular complexity index is 579. The number of hydrogen-bond donors (Lipinski definition) is 2. The summed E-state index contributed by atoms with van der Waals surface area (Å²) >= 11 is 0. The van der Waals surface area contributed by atoms with Gasteiger partial charge in [-0.25, -0.2) is 0 Å². The summed E-state index contributed by atoms with van der Waals surface area (Å²) in [6, 6.07) is 8.22. The van der Waals surface area contributed by atoms with Gasteiger partial charge in [-0.05, 0) is 37.5 Å². The van der Waals surface area contributed by atoms with Crippen molar-refractivity contribution in [1.82, 2.24) is 10.2 Å². The number of likely N-dealkylation sites (tertiary alicyclic amines) is 1. The molecule has 2 N–H and O–H groups in total. The van der Waals surface area contributed by atoms with Crippen molar-refractivity contribution in [3.63, 3.8) is 0 Å². The van der Waals surface area contributed by atoms with E-state index in [1.807, 2.05) is 30.0 Å². The minimum absolute atomic E-state index is 0. The Hall–Kier alpha value is -1.59. The Morgan fingerprint density at radius 1 is 1.26 bits per heavy atom. The molecule has 2 heterocycles. The summed E-state index contributed by atoms with van der Waals surface area (Å²) in [5.41, 5.74) is 1.33. The molecule has 1 aromatic rings. The minimum atomic E-state index is -0.0409. The molecule has 2 saturated heterocycles. The van der Waals surface area contributed by atoms with Crippen LogP contribution in [0, 0.1) is 0 Å². The zero-order valence-corrected chi connectivity index (χ0v) is 14.2. The highest BCUT2D eigenvalue weighted by molar-refractivity contribution is 5.97. The Balaban J connectivity index is 0.00000192. The van der Waals surface area contributed by atoms with Crippen LogP contribution in [0.15, 0.2) is 24.3 Å². The molecule has 2 amide bonds. The number of halogens is 1. The molecule has 0 radical (unpaired) electrons. The lowest BCUT2D eigenvalue weighted by Crippen LogP contribution is -2.39. The van der Waals surface area contributed by atoms with Crippen LogP contribution in [0.25, 0.3) is 0 Å². The van der Waals surface area contributed by atoms with Gasteiger partial charge >= 0.3 is 0 Å². The third-order valence-corrected chi connectivity index (χ3v) is 4.52. The van der Waals surface area contributed by atoms with Crippen LogP contribution >= 0.6 is 12.4 Å². The van der Waals surface area contributed by atoms with Gasteiger partial charge in [-0.3, -0.25) is 9.59 Å². The second-order valence-corrected chi connectivity index (χ2v) is 6.16. The topological polar surface area (TPSA) is 61.4 Å². The molecular weight excluding hydrogens is 314 g/mol. The van der Waals surface area contributed by atoms with Crippen molar-refractivity contribution < 1.29 is 9.59 Å². The van der Waals surface area contributed by atoms with Crippen LogP contribution in [-0.4, -0.2) is 41.9 Å².